The third-order valence-electron chi connectivity index (χ3n) is 4.53. The number of hydrogen-bond acceptors (Lipinski definition) is 5. The predicted molar refractivity (Wildman–Crippen MR) is 101 cm³/mol. The van der Waals surface area contributed by atoms with Crippen LogP contribution < -0.4 is 9.64 Å². The van der Waals surface area contributed by atoms with Crippen molar-refractivity contribution in [1.82, 2.24) is 14.9 Å². The van der Waals surface area contributed by atoms with Crippen LogP contribution in [-0.2, 0) is 4.79 Å². The lowest BCUT2D eigenvalue weighted by atomic mass is 9.93. The van der Waals surface area contributed by atoms with E-state index < -0.39 is 11.2 Å². The lowest BCUT2D eigenvalue weighted by Crippen LogP contribution is -2.56. The van der Waals surface area contributed by atoms with Gasteiger partial charge < -0.3 is 14.5 Å². The number of carbonyl (C=O) groups excluding carboxylic acids is 1. The van der Waals surface area contributed by atoms with Gasteiger partial charge in [0.2, 0.25) is 11.8 Å². The molecule has 1 fully saturated rings. The quantitative estimate of drug-likeness (QED) is 0.825. The van der Waals surface area contributed by atoms with Crippen LogP contribution in [-0.4, -0.2) is 46.5 Å². The molecule has 0 aliphatic carbocycles. The van der Waals surface area contributed by atoms with Crippen LogP contribution in [0.2, 0.25) is 0 Å². The number of nitrogens with zero attached hydrogens (tertiary/aromatic N) is 4. The van der Waals surface area contributed by atoms with E-state index in [0.29, 0.717) is 25.5 Å². The molecule has 0 bridgehead atoms. The lowest BCUT2D eigenvalue weighted by molar-refractivity contribution is -0.142. The highest BCUT2D eigenvalue weighted by molar-refractivity contribution is 5.82. The molecule has 7 heteroatoms. The van der Waals surface area contributed by atoms with E-state index in [1.54, 1.807) is 24.3 Å². The Bertz CT molecular complexity index is 822. The highest BCUT2D eigenvalue weighted by Crippen LogP contribution is 2.27. The smallest absolute Gasteiger partial charge is 0.228 e. The van der Waals surface area contributed by atoms with Gasteiger partial charge in [-0.15, -0.1) is 0 Å². The number of aromatic nitrogens is 2. The molecule has 0 radical (unpaired) electrons. The second-order valence-corrected chi connectivity index (χ2v) is 7.79. The fourth-order valence-corrected chi connectivity index (χ4v) is 3.10. The Balaban J connectivity index is 1.71. The fourth-order valence-electron chi connectivity index (χ4n) is 3.10. The molecule has 0 saturated carbocycles. The van der Waals surface area contributed by atoms with Gasteiger partial charge in [-0.25, -0.2) is 14.4 Å². The Morgan fingerprint density at radius 2 is 1.96 bits per heavy atom. The molecule has 1 aliphatic heterocycles. The van der Waals surface area contributed by atoms with Gasteiger partial charge in [0.1, 0.15) is 12.1 Å². The summed E-state index contributed by atoms with van der Waals surface area (Å²) in [4.78, 5) is 25.0. The second-order valence-electron chi connectivity index (χ2n) is 7.79. The second kappa shape index (κ2) is 7.50. The van der Waals surface area contributed by atoms with E-state index >= 15 is 0 Å². The first-order chi connectivity index (χ1) is 12.8. The molecule has 0 spiro atoms. The van der Waals surface area contributed by atoms with Crippen molar-refractivity contribution < 1.29 is 13.9 Å². The van der Waals surface area contributed by atoms with Crippen LogP contribution in [0, 0.1) is 11.2 Å². The number of benzene rings is 1. The molecule has 1 atom stereocenters. The molecule has 0 unspecified atom stereocenters. The van der Waals surface area contributed by atoms with Crippen molar-refractivity contribution in [2.24, 2.45) is 5.41 Å². The molecule has 0 N–H and O–H groups in total. The Labute approximate surface area is 159 Å². The van der Waals surface area contributed by atoms with Crippen LogP contribution in [0.15, 0.2) is 36.7 Å². The van der Waals surface area contributed by atoms with Crippen LogP contribution >= 0.6 is 0 Å². The summed E-state index contributed by atoms with van der Waals surface area (Å²) in [6.45, 7) is 9.81. The Kier molecular flexibility index (Phi) is 5.30. The lowest BCUT2D eigenvalue weighted by Gasteiger charge is -2.42. The van der Waals surface area contributed by atoms with Gasteiger partial charge in [-0.05, 0) is 19.1 Å². The molecule has 1 amide bonds. The van der Waals surface area contributed by atoms with Crippen molar-refractivity contribution in [3.63, 3.8) is 0 Å². The number of carbonyl (C=O) groups is 1. The van der Waals surface area contributed by atoms with Crippen molar-refractivity contribution in [1.29, 1.82) is 0 Å². The highest BCUT2D eigenvalue weighted by atomic mass is 19.1. The molecule has 1 aromatic carbocycles. The summed E-state index contributed by atoms with van der Waals surface area (Å²) >= 11 is 0. The fraction of sp³-hybridized carbons (Fsp3) is 0.450. The summed E-state index contributed by atoms with van der Waals surface area (Å²) in [5, 5.41) is 0. The van der Waals surface area contributed by atoms with Crippen LogP contribution in [0.3, 0.4) is 0 Å². The number of hydrogen-bond donors (Lipinski definition) is 0. The number of rotatable bonds is 3. The molecule has 144 valence electrons. The van der Waals surface area contributed by atoms with Gasteiger partial charge in [0.25, 0.3) is 0 Å². The monoisotopic (exact) mass is 372 g/mol. The predicted octanol–water partition coefficient (Wildman–Crippen LogP) is 3.49. The van der Waals surface area contributed by atoms with Gasteiger partial charge >= 0.3 is 0 Å². The first kappa shape index (κ1) is 19.1. The Hall–Kier alpha value is -2.70. The van der Waals surface area contributed by atoms with Crippen molar-refractivity contribution in [2.45, 2.75) is 33.7 Å². The van der Waals surface area contributed by atoms with E-state index in [4.69, 9.17) is 4.74 Å². The zero-order valence-electron chi connectivity index (χ0n) is 16.1. The molecular formula is C20H25FN4O2. The SMILES string of the molecule is C[C@H]1CN(c2cc(Oc3ccccc3F)ncn2)CCN1C(=O)C(C)(C)C. The van der Waals surface area contributed by atoms with Crippen molar-refractivity contribution in [3.8, 4) is 11.6 Å². The average Bonchev–Trinajstić information content (AvgIpc) is 2.62. The molecule has 2 aromatic rings. The number of para-hydroxylation sites is 1. The zero-order valence-corrected chi connectivity index (χ0v) is 16.1. The summed E-state index contributed by atoms with van der Waals surface area (Å²) in [5.41, 5.74) is -0.397. The molecule has 3 rings (SSSR count). The van der Waals surface area contributed by atoms with Gasteiger partial charge in [0, 0.05) is 37.2 Å². The van der Waals surface area contributed by atoms with Gasteiger partial charge in [-0.2, -0.15) is 0 Å². The Morgan fingerprint density at radius 3 is 2.63 bits per heavy atom. The summed E-state index contributed by atoms with van der Waals surface area (Å²) < 4.78 is 19.3. The minimum absolute atomic E-state index is 0.0661. The van der Waals surface area contributed by atoms with Crippen molar-refractivity contribution in [2.75, 3.05) is 24.5 Å². The molecule has 2 heterocycles. The topological polar surface area (TPSA) is 58.6 Å². The van der Waals surface area contributed by atoms with Crippen molar-refractivity contribution >= 4 is 11.7 Å². The van der Waals surface area contributed by atoms with Gasteiger partial charge in [-0.1, -0.05) is 32.9 Å². The summed E-state index contributed by atoms with van der Waals surface area (Å²) in [6, 6.07) is 7.96. The van der Waals surface area contributed by atoms with Crippen LogP contribution in [0.1, 0.15) is 27.7 Å². The third kappa shape index (κ3) is 4.35. The maximum atomic E-state index is 13.8. The zero-order chi connectivity index (χ0) is 19.6. The number of ether oxygens (including phenoxy) is 1. The summed E-state index contributed by atoms with van der Waals surface area (Å²) in [5.74, 6) is 0.814. The van der Waals surface area contributed by atoms with Gasteiger partial charge in [-0.3, -0.25) is 4.79 Å². The molecule has 27 heavy (non-hydrogen) atoms. The van der Waals surface area contributed by atoms with E-state index in [1.807, 2.05) is 32.6 Å². The van der Waals surface area contributed by atoms with Crippen molar-refractivity contribution in [3.05, 3.63) is 42.5 Å². The minimum Gasteiger partial charge on any atom is -0.436 e. The average molecular weight is 372 g/mol. The summed E-state index contributed by atoms with van der Waals surface area (Å²) in [6.07, 6.45) is 1.41. The van der Waals surface area contributed by atoms with E-state index in [0.717, 1.165) is 0 Å². The van der Waals surface area contributed by atoms with Gasteiger partial charge in [0.15, 0.2) is 11.6 Å². The molecule has 1 saturated heterocycles. The Morgan fingerprint density at radius 1 is 1.22 bits per heavy atom. The number of anilines is 1. The van der Waals surface area contributed by atoms with E-state index in [-0.39, 0.29) is 23.6 Å². The number of amides is 1. The van der Waals surface area contributed by atoms with E-state index in [9.17, 15) is 9.18 Å². The first-order valence-electron chi connectivity index (χ1n) is 9.06. The standard InChI is InChI=1S/C20H25FN4O2/c1-14-12-24(9-10-25(14)19(26)20(2,3)4)17-11-18(23-13-22-17)27-16-8-6-5-7-15(16)21/h5-8,11,13-14H,9-10,12H2,1-4H3/t14-/m0/s1. The number of halogens is 1. The molecule has 6 nitrogen and oxygen atoms in total. The van der Waals surface area contributed by atoms with Crippen LogP contribution in [0.25, 0.3) is 0 Å². The van der Waals surface area contributed by atoms with E-state index in [1.165, 1.54) is 12.4 Å². The molecule has 1 aromatic heterocycles. The van der Waals surface area contributed by atoms with Crippen LogP contribution in [0.5, 0.6) is 11.6 Å². The summed E-state index contributed by atoms with van der Waals surface area (Å²) in [7, 11) is 0. The normalized spacial score (nSPS) is 17.7. The minimum atomic E-state index is -0.444. The highest BCUT2D eigenvalue weighted by Gasteiger charge is 2.34. The van der Waals surface area contributed by atoms with E-state index in [2.05, 4.69) is 14.9 Å². The van der Waals surface area contributed by atoms with Crippen LogP contribution in [0.4, 0.5) is 10.2 Å². The maximum Gasteiger partial charge on any atom is 0.228 e. The van der Waals surface area contributed by atoms with Gasteiger partial charge in [0.05, 0.1) is 0 Å². The molecular weight excluding hydrogens is 347 g/mol. The largest absolute Gasteiger partial charge is 0.436 e. The first-order valence-corrected chi connectivity index (χ1v) is 9.06. The maximum absolute atomic E-state index is 13.8. The number of piperazine rings is 1. The molecule has 1 aliphatic rings. The third-order valence-corrected chi connectivity index (χ3v) is 4.53.